The molecule has 2 saturated heterocycles. The average molecular weight is 226 g/mol. The van der Waals surface area contributed by atoms with Gasteiger partial charge in [0.1, 0.15) is 0 Å². The molecule has 3 nitrogen and oxygen atoms in total. The molecule has 2 heterocycles. The van der Waals surface area contributed by atoms with Gasteiger partial charge in [0.05, 0.1) is 6.61 Å². The third kappa shape index (κ3) is 2.41. The number of methoxy groups -OCH3 is 1. The Labute approximate surface area is 99.5 Å². The van der Waals surface area contributed by atoms with E-state index in [1.54, 1.807) is 0 Å². The van der Waals surface area contributed by atoms with Crippen molar-refractivity contribution in [2.45, 2.75) is 38.1 Å². The molecule has 0 aliphatic carbocycles. The molecule has 0 amide bonds. The monoisotopic (exact) mass is 226 g/mol. The largest absolute Gasteiger partial charge is 0.383 e. The van der Waals surface area contributed by atoms with Crippen molar-refractivity contribution in [2.75, 3.05) is 39.9 Å². The van der Waals surface area contributed by atoms with Crippen molar-refractivity contribution in [3.05, 3.63) is 0 Å². The molecular weight excluding hydrogens is 200 g/mol. The SMILES string of the molecule is CCN1CCC(C2(COC)CCCN2)CC1. The Hall–Kier alpha value is -0.120. The highest BCUT2D eigenvalue weighted by Gasteiger charge is 2.41. The van der Waals surface area contributed by atoms with Crippen LogP contribution in [0, 0.1) is 5.92 Å². The molecular formula is C13H26N2O. The maximum atomic E-state index is 5.46. The molecule has 2 aliphatic heterocycles. The highest BCUT2D eigenvalue weighted by Crippen LogP contribution is 2.35. The Morgan fingerprint density at radius 3 is 2.62 bits per heavy atom. The number of nitrogens with zero attached hydrogens (tertiary/aromatic N) is 1. The minimum atomic E-state index is 0.300. The fraction of sp³-hybridized carbons (Fsp3) is 1.00. The van der Waals surface area contributed by atoms with Gasteiger partial charge in [0.15, 0.2) is 0 Å². The smallest absolute Gasteiger partial charge is 0.0647 e. The van der Waals surface area contributed by atoms with Gasteiger partial charge in [-0.2, -0.15) is 0 Å². The van der Waals surface area contributed by atoms with Gasteiger partial charge in [-0.3, -0.25) is 0 Å². The summed E-state index contributed by atoms with van der Waals surface area (Å²) in [5.41, 5.74) is 0.300. The van der Waals surface area contributed by atoms with Gasteiger partial charge in [-0.15, -0.1) is 0 Å². The fourth-order valence-electron chi connectivity index (χ4n) is 3.48. The molecule has 0 aromatic carbocycles. The van der Waals surface area contributed by atoms with Crippen molar-refractivity contribution >= 4 is 0 Å². The number of hydrogen-bond donors (Lipinski definition) is 1. The quantitative estimate of drug-likeness (QED) is 0.786. The van der Waals surface area contributed by atoms with Crippen LogP contribution in [0.15, 0.2) is 0 Å². The molecule has 0 radical (unpaired) electrons. The van der Waals surface area contributed by atoms with Gasteiger partial charge in [0.25, 0.3) is 0 Å². The lowest BCUT2D eigenvalue weighted by molar-refractivity contribution is 0.0485. The molecule has 94 valence electrons. The first kappa shape index (κ1) is 12.3. The molecule has 0 saturated carbocycles. The van der Waals surface area contributed by atoms with E-state index in [0.29, 0.717) is 5.54 Å². The van der Waals surface area contributed by atoms with Gasteiger partial charge >= 0.3 is 0 Å². The van der Waals surface area contributed by atoms with Crippen molar-refractivity contribution in [1.29, 1.82) is 0 Å². The van der Waals surface area contributed by atoms with Crippen LogP contribution in [0.3, 0.4) is 0 Å². The summed E-state index contributed by atoms with van der Waals surface area (Å²) in [6.45, 7) is 8.08. The average Bonchev–Trinajstić information content (AvgIpc) is 2.80. The zero-order valence-corrected chi connectivity index (χ0v) is 10.8. The van der Waals surface area contributed by atoms with Crippen LogP contribution in [0.1, 0.15) is 32.6 Å². The van der Waals surface area contributed by atoms with Gasteiger partial charge in [0.2, 0.25) is 0 Å². The number of piperidine rings is 1. The van der Waals surface area contributed by atoms with Crippen molar-refractivity contribution in [3.8, 4) is 0 Å². The second kappa shape index (κ2) is 5.48. The Morgan fingerprint density at radius 2 is 2.12 bits per heavy atom. The lowest BCUT2D eigenvalue weighted by atomic mass is 9.77. The molecule has 2 fully saturated rings. The summed E-state index contributed by atoms with van der Waals surface area (Å²) in [5.74, 6) is 0.817. The van der Waals surface area contributed by atoms with E-state index in [9.17, 15) is 0 Å². The van der Waals surface area contributed by atoms with Crippen molar-refractivity contribution in [1.82, 2.24) is 10.2 Å². The first-order valence-electron chi connectivity index (χ1n) is 6.77. The van der Waals surface area contributed by atoms with E-state index >= 15 is 0 Å². The van der Waals surface area contributed by atoms with Gasteiger partial charge in [0, 0.05) is 12.6 Å². The Balaban J connectivity index is 1.94. The summed E-state index contributed by atoms with van der Waals surface area (Å²) in [4.78, 5) is 2.56. The summed E-state index contributed by atoms with van der Waals surface area (Å²) in [7, 11) is 1.84. The molecule has 1 unspecified atom stereocenters. The number of hydrogen-bond acceptors (Lipinski definition) is 3. The summed E-state index contributed by atoms with van der Waals surface area (Å²) >= 11 is 0. The van der Waals surface area contributed by atoms with Crippen molar-refractivity contribution < 1.29 is 4.74 Å². The highest BCUT2D eigenvalue weighted by atomic mass is 16.5. The number of nitrogens with one attached hydrogen (secondary N) is 1. The number of rotatable bonds is 4. The lowest BCUT2D eigenvalue weighted by Gasteiger charge is -2.42. The third-order valence-electron chi connectivity index (χ3n) is 4.49. The van der Waals surface area contributed by atoms with Crippen LogP contribution < -0.4 is 5.32 Å². The molecule has 2 rings (SSSR count). The normalized spacial score (nSPS) is 33.4. The van der Waals surface area contributed by atoms with Crippen LogP contribution in [-0.2, 0) is 4.74 Å². The second-order valence-corrected chi connectivity index (χ2v) is 5.33. The van der Waals surface area contributed by atoms with Gasteiger partial charge in [-0.25, -0.2) is 0 Å². The number of ether oxygens (including phenoxy) is 1. The minimum absolute atomic E-state index is 0.300. The Kier molecular flexibility index (Phi) is 4.22. The molecule has 1 N–H and O–H groups in total. The van der Waals surface area contributed by atoms with Crippen molar-refractivity contribution in [2.24, 2.45) is 5.92 Å². The second-order valence-electron chi connectivity index (χ2n) is 5.33. The molecule has 0 spiro atoms. The fourth-order valence-corrected chi connectivity index (χ4v) is 3.48. The Bertz CT molecular complexity index is 206. The maximum absolute atomic E-state index is 5.46. The van der Waals surface area contributed by atoms with Crippen LogP contribution >= 0.6 is 0 Å². The van der Waals surface area contributed by atoms with Gasteiger partial charge in [-0.1, -0.05) is 6.92 Å². The standard InChI is InChI=1S/C13H26N2O/c1-3-15-9-5-12(6-10-15)13(11-16-2)7-4-8-14-13/h12,14H,3-11H2,1-2H3. The van der Waals surface area contributed by atoms with E-state index in [0.717, 1.165) is 12.5 Å². The summed E-state index contributed by atoms with van der Waals surface area (Å²) in [6, 6.07) is 0. The predicted molar refractivity (Wildman–Crippen MR) is 66.7 cm³/mol. The summed E-state index contributed by atoms with van der Waals surface area (Å²) in [5, 5.41) is 3.73. The molecule has 3 heteroatoms. The zero-order valence-electron chi connectivity index (χ0n) is 10.8. The first-order chi connectivity index (χ1) is 7.80. The van der Waals surface area contributed by atoms with E-state index in [1.165, 1.54) is 51.9 Å². The van der Waals surface area contributed by atoms with Crippen LogP contribution in [0.2, 0.25) is 0 Å². The summed E-state index contributed by atoms with van der Waals surface area (Å²) in [6.07, 6.45) is 5.30. The van der Waals surface area contributed by atoms with Crippen LogP contribution in [0.4, 0.5) is 0 Å². The molecule has 16 heavy (non-hydrogen) atoms. The third-order valence-corrected chi connectivity index (χ3v) is 4.49. The van der Waals surface area contributed by atoms with Crippen molar-refractivity contribution in [3.63, 3.8) is 0 Å². The molecule has 0 bridgehead atoms. The number of likely N-dealkylation sites (tertiary alicyclic amines) is 1. The molecule has 0 aromatic heterocycles. The topological polar surface area (TPSA) is 24.5 Å². The minimum Gasteiger partial charge on any atom is -0.383 e. The van der Waals surface area contributed by atoms with E-state index < -0.39 is 0 Å². The van der Waals surface area contributed by atoms with Crippen LogP contribution in [0.5, 0.6) is 0 Å². The molecule has 1 atom stereocenters. The lowest BCUT2D eigenvalue weighted by Crippen LogP contribution is -2.53. The Morgan fingerprint density at radius 1 is 1.38 bits per heavy atom. The first-order valence-corrected chi connectivity index (χ1v) is 6.77. The van der Waals surface area contributed by atoms with Crippen LogP contribution in [-0.4, -0.2) is 50.3 Å². The maximum Gasteiger partial charge on any atom is 0.0647 e. The van der Waals surface area contributed by atoms with Gasteiger partial charge < -0.3 is 15.0 Å². The van der Waals surface area contributed by atoms with Crippen LogP contribution in [0.25, 0.3) is 0 Å². The summed E-state index contributed by atoms with van der Waals surface area (Å²) < 4.78 is 5.46. The highest BCUT2D eigenvalue weighted by molar-refractivity contribution is 5.00. The van der Waals surface area contributed by atoms with E-state index in [-0.39, 0.29) is 0 Å². The van der Waals surface area contributed by atoms with Gasteiger partial charge in [-0.05, 0) is 57.8 Å². The predicted octanol–water partition coefficient (Wildman–Crippen LogP) is 1.49. The van der Waals surface area contributed by atoms with E-state index in [2.05, 4.69) is 17.1 Å². The van der Waals surface area contributed by atoms with E-state index in [1.807, 2.05) is 7.11 Å². The molecule has 2 aliphatic rings. The van der Waals surface area contributed by atoms with E-state index in [4.69, 9.17) is 4.74 Å². The zero-order chi connectivity index (χ0) is 11.4. The molecule has 0 aromatic rings.